The zero-order valence-electron chi connectivity index (χ0n) is 13.5. The summed E-state index contributed by atoms with van der Waals surface area (Å²) in [5.74, 6) is -0.819. The van der Waals surface area contributed by atoms with E-state index >= 15 is 0 Å². The zero-order chi connectivity index (χ0) is 17.5. The number of para-hydroxylation sites is 1. The van der Waals surface area contributed by atoms with Crippen molar-refractivity contribution in [3.05, 3.63) is 29.8 Å². The molecule has 0 saturated heterocycles. The van der Waals surface area contributed by atoms with Gasteiger partial charge in [0.25, 0.3) is 0 Å². The molecule has 1 aromatic carbocycles. The minimum Gasteiger partial charge on any atom is -0.465 e. The van der Waals surface area contributed by atoms with Gasteiger partial charge in [-0.05, 0) is 18.6 Å². The normalized spacial score (nSPS) is 11.1. The minimum atomic E-state index is -3.35. The molecule has 0 aliphatic rings. The molecule has 0 atom stereocenters. The summed E-state index contributed by atoms with van der Waals surface area (Å²) in [5, 5.41) is 0. The van der Waals surface area contributed by atoms with Gasteiger partial charge in [0.15, 0.2) is 0 Å². The quantitative estimate of drug-likeness (QED) is 0.716. The van der Waals surface area contributed by atoms with Gasteiger partial charge in [-0.25, -0.2) is 17.9 Å². The summed E-state index contributed by atoms with van der Waals surface area (Å²) in [6.45, 7) is 3.31. The summed E-state index contributed by atoms with van der Waals surface area (Å²) in [5.41, 5.74) is 0.642. The fourth-order valence-electron chi connectivity index (χ4n) is 2.09. The molecule has 0 radical (unpaired) electrons. The highest BCUT2D eigenvalue weighted by atomic mass is 32.2. The molecule has 0 aliphatic heterocycles. The number of nitrogens with zero attached hydrogens (tertiary/aromatic N) is 1. The third-order valence-corrected chi connectivity index (χ3v) is 4.70. The Balaban J connectivity index is 2.93. The number of nitrogens with one attached hydrogen (secondary N) is 1. The second-order valence-electron chi connectivity index (χ2n) is 4.89. The average molecular weight is 342 g/mol. The maximum atomic E-state index is 11.9. The SMILES string of the molecule is CCCS(=O)(=O)NCCN(C(C)=O)c1ccccc1C(=O)OC. The lowest BCUT2D eigenvalue weighted by Gasteiger charge is -2.23. The first-order valence-corrected chi connectivity index (χ1v) is 8.90. The Hall–Kier alpha value is -1.93. The Kier molecular flexibility index (Phi) is 7.18. The molecule has 0 aliphatic carbocycles. The Bertz CT molecular complexity index is 658. The first-order valence-electron chi connectivity index (χ1n) is 7.25. The van der Waals surface area contributed by atoms with Crippen molar-refractivity contribution < 1.29 is 22.7 Å². The third-order valence-electron chi connectivity index (χ3n) is 3.11. The summed E-state index contributed by atoms with van der Waals surface area (Å²) in [4.78, 5) is 25.0. The van der Waals surface area contributed by atoms with E-state index in [9.17, 15) is 18.0 Å². The Morgan fingerprint density at radius 1 is 1.26 bits per heavy atom. The zero-order valence-corrected chi connectivity index (χ0v) is 14.4. The monoisotopic (exact) mass is 342 g/mol. The van der Waals surface area contributed by atoms with Gasteiger partial charge in [0.1, 0.15) is 0 Å². The van der Waals surface area contributed by atoms with Gasteiger partial charge in [-0.2, -0.15) is 0 Å². The minimum absolute atomic E-state index is 0.0336. The van der Waals surface area contributed by atoms with Crippen LogP contribution in [0.3, 0.4) is 0 Å². The van der Waals surface area contributed by atoms with Crippen molar-refractivity contribution in [3.8, 4) is 0 Å². The number of sulfonamides is 1. The van der Waals surface area contributed by atoms with E-state index in [1.54, 1.807) is 31.2 Å². The molecule has 128 valence electrons. The molecule has 0 spiro atoms. The van der Waals surface area contributed by atoms with Gasteiger partial charge in [-0.15, -0.1) is 0 Å². The van der Waals surface area contributed by atoms with E-state index in [2.05, 4.69) is 4.72 Å². The van der Waals surface area contributed by atoms with Gasteiger partial charge in [0, 0.05) is 20.0 Å². The highest BCUT2D eigenvalue weighted by Gasteiger charge is 2.20. The number of hydrogen-bond donors (Lipinski definition) is 1. The van der Waals surface area contributed by atoms with Crippen molar-refractivity contribution in [3.63, 3.8) is 0 Å². The molecule has 23 heavy (non-hydrogen) atoms. The number of methoxy groups -OCH3 is 1. The van der Waals surface area contributed by atoms with E-state index in [1.807, 2.05) is 0 Å². The van der Waals surface area contributed by atoms with Crippen LogP contribution in [0, 0.1) is 0 Å². The van der Waals surface area contributed by atoms with Crippen LogP contribution in [0.2, 0.25) is 0 Å². The van der Waals surface area contributed by atoms with E-state index in [0.717, 1.165) is 0 Å². The van der Waals surface area contributed by atoms with Crippen LogP contribution in [-0.2, 0) is 19.6 Å². The van der Waals surface area contributed by atoms with Crippen molar-refractivity contribution >= 4 is 27.6 Å². The van der Waals surface area contributed by atoms with Gasteiger partial charge < -0.3 is 9.64 Å². The highest BCUT2D eigenvalue weighted by molar-refractivity contribution is 7.89. The number of hydrogen-bond acceptors (Lipinski definition) is 5. The van der Waals surface area contributed by atoms with Crippen LogP contribution in [0.15, 0.2) is 24.3 Å². The number of amides is 1. The molecular weight excluding hydrogens is 320 g/mol. The third kappa shape index (κ3) is 5.65. The van der Waals surface area contributed by atoms with Crippen molar-refractivity contribution in [1.82, 2.24) is 4.72 Å². The smallest absolute Gasteiger partial charge is 0.339 e. The summed E-state index contributed by atoms with van der Waals surface area (Å²) in [6.07, 6.45) is 0.511. The van der Waals surface area contributed by atoms with E-state index in [0.29, 0.717) is 12.1 Å². The van der Waals surface area contributed by atoms with Gasteiger partial charge in [-0.3, -0.25) is 4.79 Å². The molecule has 0 saturated carbocycles. The summed E-state index contributed by atoms with van der Waals surface area (Å²) < 4.78 is 30.5. The fourth-order valence-corrected chi connectivity index (χ4v) is 3.18. The Morgan fingerprint density at radius 3 is 2.48 bits per heavy atom. The maximum Gasteiger partial charge on any atom is 0.339 e. The number of benzene rings is 1. The first-order chi connectivity index (χ1) is 10.8. The number of ether oxygens (including phenoxy) is 1. The molecule has 0 heterocycles. The summed E-state index contributed by atoms with van der Waals surface area (Å²) >= 11 is 0. The van der Waals surface area contributed by atoms with Crippen LogP contribution < -0.4 is 9.62 Å². The molecular formula is C15H22N2O5S. The van der Waals surface area contributed by atoms with Crippen molar-refractivity contribution in [2.45, 2.75) is 20.3 Å². The molecule has 8 heteroatoms. The maximum absolute atomic E-state index is 11.9. The second-order valence-corrected chi connectivity index (χ2v) is 6.82. The number of carbonyl (C=O) groups excluding carboxylic acids is 2. The lowest BCUT2D eigenvalue weighted by atomic mass is 10.1. The van der Waals surface area contributed by atoms with E-state index in [-0.39, 0.29) is 30.3 Å². The van der Waals surface area contributed by atoms with Crippen molar-refractivity contribution in [2.24, 2.45) is 0 Å². The van der Waals surface area contributed by atoms with Crippen molar-refractivity contribution in [1.29, 1.82) is 0 Å². The van der Waals surface area contributed by atoms with Crippen LogP contribution in [0.25, 0.3) is 0 Å². The van der Waals surface area contributed by atoms with Crippen LogP contribution in [0.1, 0.15) is 30.6 Å². The van der Waals surface area contributed by atoms with E-state index in [4.69, 9.17) is 4.74 Å². The van der Waals surface area contributed by atoms with Gasteiger partial charge in [0.05, 0.1) is 24.1 Å². The van der Waals surface area contributed by atoms with Gasteiger partial charge in [-0.1, -0.05) is 19.1 Å². The summed E-state index contributed by atoms with van der Waals surface area (Å²) in [6, 6.07) is 6.53. The van der Waals surface area contributed by atoms with Gasteiger partial charge in [0.2, 0.25) is 15.9 Å². The predicted molar refractivity (Wildman–Crippen MR) is 87.9 cm³/mol. The molecule has 0 aromatic heterocycles. The van der Waals surface area contributed by atoms with Crippen LogP contribution in [0.5, 0.6) is 0 Å². The number of esters is 1. The van der Waals surface area contributed by atoms with Crippen LogP contribution in [0.4, 0.5) is 5.69 Å². The number of carbonyl (C=O) groups is 2. The van der Waals surface area contributed by atoms with E-state index in [1.165, 1.54) is 18.9 Å². The lowest BCUT2D eigenvalue weighted by molar-refractivity contribution is -0.116. The predicted octanol–water partition coefficient (Wildman–Crippen LogP) is 1.16. The first kappa shape index (κ1) is 19.1. The topological polar surface area (TPSA) is 92.8 Å². The standard InChI is InChI=1S/C15H22N2O5S/c1-4-11-23(20,21)16-9-10-17(12(2)18)14-8-6-5-7-13(14)15(19)22-3/h5-8,16H,4,9-11H2,1-3H3. The molecule has 1 rings (SSSR count). The molecule has 0 fully saturated rings. The largest absolute Gasteiger partial charge is 0.465 e. The Labute approximate surface area is 136 Å². The molecule has 7 nitrogen and oxygen atoms in total. The van der Waals surface area contributed by atoms with Crippen LogP contribution in [-0.4, -0.2) is 46.2 Å². The number of rotatable bonds is 8. The average Bonchev–Trinajstić information content (AvgIpc) is 2.50. The Morgan fingerprint density at radius 2 is 1.91 bits per heavy atom. The fraction of sp³-hybridized carbons (Fsp3) is 0.467. The number of anilines is 1. The van der Waals surface area contributed by atoms with Gasteiger partial charge >= 0.3 is 5.97 Å². The molecule has 0 unspecified atom stereocenters. The molecule has 1 amide bonds. The molecule has 0 bridgehead atoms. The summed E-state index contributed by atoms with van der Waals surface area (Å²) in [7, 11) is -2.09. The highest BCUT2D eigenvalue weighted by Crippen LogP contribution is 2.21. The van der Waals surface area contributed by atoms with E-state index < -0.39 is 16.0 Å². The second kappa shape index (κ2) is 8.64. The van der Waals surface area contributed by atoms with Crippen molar-refractivity contribution in [2.75, 3.05) is 30.9 Å². The van der Waals surface area contributed by atoms with Crippen LogP contribution >= 0.6 is 0 Å². The molecule has 1 N–H and O–H groups in total. The molecule has 1 aromatic rings. The lowest BCUT2D eigenvalue weighted by Crippen LogP contribution is -2.38.